The molecule has 230 valence electrons. The fraction of sp³-hybridized carbons (Fsp3) is 0.355. The summed E-state index contributed by atoms with van der Waals surface area (Å²) in [7, 11) is 2.91. The summed E-state index contributed by atoms with van der Waals surface area (Å²) >= 11 is 0. The van der Waals surface area contributed by atoms with Gasteiger partial charge in [0.2, 0.25) is 0 Å². The molecule has 1 unspecified atom stereocenters. The molecule has 0 spiro atoms. The highest BCUT2D eigenvalue weighted by Crippen LogP contribution is 2.58. The summed E-state index contributed by atoms with van der Waals surface area (Å²) in [5, 5.41) is 47.4. The predicted molar refractivity (Wildman–Crippen MR) is 159 cm³/mol. The number of carbonyl (C=O) groups is 3. The number of phenolic OH excluding ortho intramolecular Hbond substituents is 1. The molecule has 5 rings (SSSR count). The van der Waals surface area contributed by atoms with Crippen LogP contribution >= 0.6 is 0 Å². The predicted octanol–water partition coefficient (Wildman–Crippen LogP) is 1.34. The third kappa shape index (κ3) is 3.95. The molecule has 3 aliphatic rings. The molecule has 3 aliphatic carbocycles. The monoisotopic (exact) mass is 604 g/mol. The number of nitriles is 1. The van der Waals surface area contributed by atoms with Crippen LogP contribution in [0, 0.1) is 16.7 Å². The van der Waals surface area contributed by atoms with Crippen molar-refractivity contribution in [3.8, 4) is 22.9 Å². The number of hydrogen-bond donors (Lipinski definition) is 7. The van der Waals surface area contributed by atoms with Crippen molar-refractivity contribution < 1.29 is 34.1 Å². The quantitative estimate of drug-likeness (QED) is 0.233. The second-order valence-corrected chi connectivity index (χ2v) is 12.0. The highest BCUT2D eigenvalue weighted by molar-refractivity contribution is 6.25. The largest absolute Gasteiger partial charge is 0.509 e. The maximum atomic E-state index is 14.5. The first-order valence-electron chi connectivity index (χ1n) is 13.8. The summed E-state index contributed by atoms with van der Waals surface area (Å²) in [5.74, 6) is -5.86. The summed E-state index contributed by atoms with van der Waals surface area (Å²) in [4.78, 5) is 41.7. The van der Waals surface area contributed by atoms with Crippen molar-refractivity contribution in [3.63, 3.8) is 0 Å². The van der Waals surface area contributed by atoms with E-state index in [1.807, 2.05) is 0 Å². The highest BCUT2D eigenvalue weighted by Gasteiger charge is 2.74. The van der Waals surface area contributed by atoms with E-state index in [0.29, 0.717) is 22.4 Å². The van der Waals surface area contributed by atoms with E-state index in [1.165, 1.54) is 25.1 Å². The van der Waals surface area contributed by atoms with Gasteiger partial charge in [-0.1, -0.05) is 18.2 Å². The number of nitrogens with one attached hydrogen (secondary N) is 1. The van der Waals surface area contributed by atoms with E-state index >= 15 is 0 Å². The number of aromatic hydroxyl groups is 1. The molecule has 10 N–H and O–H groups in total. The van der Waals surface area contributed by atoms with Crippen molar-refractivity contribution in [2.45, 2.75) is 42.9 Å². The Hall–Kier alpha value is -4.77. The zero-order valence-corrected chi connectivity index (χ0v) is 24.3. The van der Waals surface area contributed by atoms with Crippen LogP contribution in [0.2, 0.25) is 0 Å². The van der Waals surface area contributed by atoms with Crippen molar-refractivity contribution >= 4 is 28.9 Å². The summed E-state index contributed by atoms with van der Waals surface area (Å²) < 4.78 is 13.0. The molecule has 0 heterocycles. The molecule has 2 aromatic rings. The molecule has 0 aromatic heterocycles. The Morgan fingerprint density at radius 3 is 2.34 bits per heavy atom. The summed E-state index contributed by atoms with van der Waals surface area (Å²) in [6, 6.07) is 9.80. The minimum atomic E-state index is -2.73. The fourth-order valence-corrected chi connectivity index (χ4v) is 7.17. The van der Waals surface area contributed by atoms with Gasteiger partial charge in [0.15, 0.2) is 17.0 Å². The molecular weight excluding hydrogens is 571 g/mol. The number of likely N-dealkylation sites (N-methyl/N-ethyl adjacent to an activating group) is 1. The van der Waals surface area contributed by atoms with E-state index in [4.69, 9.17) is 17.2 Å². The fourth-order valence-electron chi connectivity index (χ4n) is 7.17. The number of halogens is 1. The molecule has 44 heavy (non-hydrogen) atoms. The minimum absolute atomic E-state index is 0.104. The lowest BCUT2D eigenvalue weighted by atomic mass is 9.47. The first-order valence-corrected chi connectivity index (χ1v) is 13.8. The van der Waals surface area contributed by atoms with Gasteiger partial charge in [-0.05, 0) is 68.8 Å². The minimum Gasteiger partial charge on any atom is -0.509 e. The summed E-state index contributed by atoms with van der Waals surface area (Å²) in [5.41, 5.74) is 13.2. The molecule has 0 bridgehead atoms. The summed E-state index contributed by atoms with van der Waals surface area (Å²) in [6.07, 6.45) is -0.639. The average Bonchev–Trinajstić information content (AvgIpc) is 2.92. The molecule has 2 aromatic carbocycles. The Kier molecular flexibility index (Phi) is 7.08. The van der Waals surface area contributed by atoms with Crippen molar-refractivity contribution in [2.24, 2.45) is 22.6 Å². The third-order valence-electron chi connectivity index (χ3n) is 8.97. The van der Waals surface area contributed by atoms with Crippen LogP contribution in [-0.4, -0.2) is 81.6 Å². The van der Waals surface area contributed by atoms with Gasteiger partial charge in [-0.25, -0.2) is 4.39 Å². The Bertz CT molecular complexity index is 1730. The van der Waals surface area contributed by atoms with Crippen LogP contribution in [0.25, 0.3) is 16.9 Å². The number of ketones is 2. The molecule has 1 amide bonds. The Morgan fingerprint density at radius 2 is 1.80 bits per heavy atom. The SMILES string of the molecule is CC(CF)Nc1ccc(-c2ccc(O)c3c2C[C@@]2(N)C[C@@]4(N)[C@H](N(C)C)C(=O)C(C(N)=O)=C(O)[C@@]4(C#N)C(=O)C2=C3O)cc1. The van der Waals surface area contributed by atoms with E-state index in [9.17, 15) is 39.4 Å². The van der Waals surface area contributed by atoms with Gasteiger partial charge in [-0.15, -0.1) is 0 Å². The van der Waals surface area contributed by atoms with Gasteiger partial charge in [0.25, 0.3) is 5.91 Å². The lowest BCUT2D eigenvalue weighted by Crippen LogP contribution is -2.80. The second-order valence-electron chi connectivity index (χ2n) is 12.0. The van der Waals surface area contributed by atoms with Crippen LogP contribution in [0.15, 0.2) is 53.3 Å². The number of amides is 1. The number of benzene rings is 2. The number of primary amides is 1. The average molecular weight is 605 g/mol. The van der Waals surface area contributed by atoms with Crippen LogP contribution in [0.5, 0.6) is 5.75 Å². The number of rotatable bonds is 6. The molecule has 0 radical (unpaired) electrons. The van der Waals surface area contributed by atoms with Crippen LogP contribution in [0.3, 0.4) is 0 Å². The van der Waals surface area contributed by atoms with E-state index < -0.39 is 81.8 Å². The topological polar surface area (TPSA) is 229 Å². The van der Waals surface area contributed by atoms with Crippen LogP contribution < -0.4 is 22.5 Å². The number of phenols is 1. The van der Waals surface area contributed by atoms with Crippen molar-refractivity contribution in [1.82, 2.24) is 4.90 Å². The van der Waals surface area contributed by atoms with E-state index in [-0.39, 0.29) is 17.7 Å². The molecule has 5 atom stereocenters. The lowest BCUT2D eigenvalue weighted by Gasteiger charge is -2.58. The zero-order chi connectivity index (χ0) is 32.5. The van der Waals surface area contributed by atoms with Crippen LogP contribution in [-0.2, 0) is 20.8 Å². The normalized spacial score (nSPS) is 28.6. The van der Waals surface area contributed by atoms with Gasteiger partial charge in [0, 0.05) is 5.69 Å². The molecule has 1 saturated carbocycles. The van der Waals surface area contributed by atoms with Gasteiger partial charge in [-0.2, -0.15) is 5.26 Å². The lowest BCUT2D eigenvalue weighted by molar-refractivity contribution is -0.139. The number of nitrogens with zero attached hydrogens (tertiary/aromatic N) is 2. The number of aliphatic hydroxyl groups excluding tert-OH is 2. The van der Waals surface area contributed by atoms with E-state index in [1.54, 1.807) is 43.3 Å². The van der Waals surface area contributed by atoms with Crippen LogP contribution in [0.4, 0.5) is 10.1 Å². The van der Waals surface area contributed by atoms with Gasteiger partial charge in [-0.3, -0.25) is 19.3 Å². The van der Waals surface area contributed by atoms with Crippen molar-refractivity contribution in [1.29, 1.82) is 5.26 Å². The number of alkyl halides is 1. The molecular formula is C31H33FN6O6. The Balaban J connectivity index is 1.76. The first kappa shape index (κ1) is 30.7. The smallest absolute Gasteiger partial charge is 0.255 e. The molecule has 0 saturated heterocycles. The number of Topliss-reactive ketones (excluding diaryl/α,β-unsaturated/α-hetero) is 2. The molecule has 0 aliphatic heterocycles. The number of anilines is 1. The van der Waals surface area contributed by atoms with Gasteiger partial charge in [0.05, 0.1) is 40.4 Å². The number of nitrogens with two attached hydrogens (primary N) is 3. The highest BCUT2D eigenvalue weighted by atomic mass is 19.1. The standard InChI is InChI=1S/C31H33FN6O6/c1-14(11-32)37-16-6-4-15(5-7-16)17-8-9-19(39)20-18(17)10-29(35)12-31(36)25(38(2)3)24(41)21(28(34)44)26(42)30(31,13-33)27(43)22(29)23(20)40/h4-9,14,25,37,39-40,42H,10-12,35-36H2,1-3H3,(H2,34,44)/t14?,25-,29-,30+,31-/m1/s1. The molecule has 13 heteroatoms. The zero-order valence-electron chi connectivity index (χ0n) is 24.3. The van der Waals surface area contributed by atoms with E-state index in [2.05, 4.69) is 5.32 Å². The number of hydrogen-bond acceptors (Lipinski definition) is 11. The van der Waals surface area contributed by atoms with E-state index in [0.717, 1.165) is 0 Å². The van der Waals surface area contributed by atoms with Crippen molar-refractivity contribution in [2.75, 3.05) is 26.1 Å². The van der Waals surface area contributed by atoms with Gasteiger partial charge < -0.3 is 37.8 Å². The van der Waals surface area contributed by atoms with Crippen LogP contribution in [0.1, 0.15) is 24.5 Å². The number of fused-ring (bicyclic) bond motifs is 3. The Morgan fingerprint density at radius 1 is 1.16 bits per heavy atom. The van der Waals surface area contributed by atoms with Gasteiger partial charge in [0.1, 0.15) is 29.5 Å². The van der Waals surface area contributed by atoms with Crippen molar-refractivity contribution in [3.05, 3.63) is 64.4 Å². The third-order valence-corrected chi connectivity index (χ3v) is 8.97. The number of carbonyl (C=O) groups excluding carboxylic acids is 3. The molecule has 12 nitrogen and oxygen atoms in total. The number of aliphatic hydroxyl groups is 2. The van der Waals surface area contributed by atoms with Gasteiger partial charge >= 0.3 is 0 Å². The maximum absolute atomic E-state index is 14.5. The maximum Gasteiger partial charge on any atom is 0.255 e. The Labute approximate surface area is 252 Å². The second kappa shape index (κ2) is 10.2. The first-order chi connectivity index (χ1) is 20.6. The summed E-state index contributed by atoms with van der Waals surface area (Å²) in [6.45, 7) is 1.13. The molecule has 1 fully saturated rings.